The zero-order valence-corrected chi connectivity index (χ0v) is 11.2. The predicted molar refractivity (Wildman–Crippen MR) is 58.6 cm³/mol. The summed E-state index contributed by atoms with van der Waals surface area (Å²) in [5, 5.41) is 0. The fourth-order valence-electron chi connectivity index (χ4n) is 1.93. The molecule has 0 fully saturated rings. The first-order chi connectivity index (χ1) is 7.44. The van der Waals surface area contributed by atoms with Crippen molar-refractivity contribution in [2.24, 2.45) is 0 Å². The van der Waals surface area contributed by atoms with Crippen molar-refractivity contribution in [3.63, 3.8) is 0 Å². The van der Waals surface area contributed by atoms with E-state index in [9.17, 15) is 8.76 Å². The molecule has 0 N–H and O–H groups in total. The summed E-state index contributed by atoms with van der Waals surface area (Å²) in [5.41, 5.74) is 0.676. The van der Waals surface area contributed by atoms with Crippen molar-refractivity contribution in [1.29, 1.82) is 0 Å². The van der Waals surface area contributed by atoms with Crippen LogP contribution in [0.1, 0.15) is 19.4 Å². The van der Waals surface area contributed by atoms with E-state index < -0.39 is 11.1 Å². The van der Waals surface area contributed by atoms with Gasteiger partial charge in [0.1, 0.15) is 5.60 Å². The average Bonchev–Trinajstić information content (AvgIpc) is 2.49. The Balaban J connectivity index is 0.00000144. The summed E-state index contributed by atoms with van der Waals surface area (Å²) in [6.07, 6.45) is 0.754. The first-order valence-corrected chi connectivity index (χ1v) is 6.00. The molecule has 1 unspecified atom stereocenters. The van der Waals surface area contributed by atoms with Crippen molar-refractivity contribution in [3.05, 3.63) is 17.7 Å². The van der Waals surface area contributed by atoms with Crippen molar-refractivity contribution in [2.75, 3.05) is 7.11 Å². The van der Waals surface area contributed by atoms with Gasteiger partial charge in [-0.15, -0.1) is 0 Å². The Kier molecular flexibility index (Phi) is 4.32. The summed E-state index contributed by atoms with van der Waals surface area (Å²) in [4.78, 5) is 0.138. The van der Waals surface area contributed by atoms with Gasteiger partial charge < -0.3 is 14.0 Å². The van der Waals surface area contributed by atoms with Gasteiger partial charge in [0, 0.05) is 12.0 Å². The van der Waals surface area contributed by atoms with Gasteiger partial charge in [-0.25, -0.2) is 0 Å². The SMILES string of the molecule is COc1c(S(=O)[O-])ccc2c1OC(C)(C)C2.[Li+]. The van der Waals surface area contributed by atoms with Crippen LogP contribution < -0.4 is 28.3 Å². The predicted octanol–water partition coefficient (Wildman–Crippen LogP) is -1.35. The largest absolute Gasteiger partial charge is 1.00 e. The Labute approximate surface area is 115 Å². The molecule has 1 aromatic rings. The fourth-order valence-corrected chi connectivity index (χ4v) is 2.44. The normalized spacial score (nSPS) is 17.6. The summed E-state index contributed by atoms with van der Waals surface area (Å²) < 4.78 is 32.8. The van der Waals surface area contributed by atoms with Gasteiger partial charge in [-0.1, -0.05) is 6.07 Å². The molecule has 4 nitrogen and oxygen atoms in total. The molecule has 2 rings (SSSR count). The maximum absolute atomic E-state index is 11.0. The second kappa shape index (κ2) is 5.03. The van der Waals surface area contributed by atoms with Gasteiger partial charge in [0.05, 0.1) is 12.0 Å². The van der Waals surface area contributed by atoms with Crippen LogP contribution in [0.4, 0.5) is 0 Å². The number of methoxy groups -OCH3 is 1. The molecule has 6 heteroatoms. The van der Waals surface area contributed by atoms with E-state index >= 15 is 0 Å². The molecule has 0 radical (unpaired) electrons. The molecule has 17 heavy (non-hydrogen) atoms. The third-order valence-electron chi connectivity index (χ3n) is 2.54. The van der Waals surface area contributed by atoms with E-state index in [4.69, 9.17) is 9.47 Å². The van der Waals surface area contributed by atoms with Crippen LogP contribution in [0, 0.1) is 0 Å². The van der Waals surface area contributed by atoms with Crippen LogP contribution in [0.15, 0.2) is 17.0 Å². The van der Waals surface area contributed by atoms with Crippen molar-refractivity contribution >= 4 is 11.1 Å². The topological polar surface area (TPSA) is 58.6 Å². The molecular formula is C11H13LiO4S. The number of rotatable bonds is 2. The second-order valence-corrected chi connectivity index (χ2v) is 5.27. The third kappa shape index (κ3) is 2.69. The molecule has 1 aliphatic heterocycles. The van der Waals surface area contributed by atoms with Crippen molar-refractivity contribution < 1.29 is 37.1 Å². The van der Waals surface area contributed by atoms with E-state index in [2.05, 4.69) is 0 Å². The van der Waals surface area contributed by atoms with Crippen LogP contribution in [0.25, 0.3) is 0 Å². The summed E-state index contributed by atoms with van der Waals surface area (Å²) in [6, 6.07) is 3.32. The van der Waals surface area contributed by atoms with Gasteiger partial charge in [-0.3, -0.25) is 4.21 Å². The minimum absolute atomic E-state index is 0. The monoisotopic (exact) mass is 248 g/mol. The summed E-state index contributed by atoms with van der Waals surface area (Å²) >= 11 is -2.31. The minimum atomic E-state index is -2.31. The maximum Gasteiger partial charge on any atom is 1.00 e. The molecule has 1 atom stereocenters. The fraction of sp³-hybridized carbons (Fsp3) is 0.455. The van der Waals surface area contributed by atoms with Gasteiger partial charge in [-0.05, 0) is 31.0 Å². The summed E-state index contributed by atoms with van der Waals surface area (Å²) in [7, 11) is 1.45. The van der Waals surface area contributed by atoms with Gasteiger partial charge in [-0.2, -0.15) is 0 Å². The Morgan fingerprint density at radius 2 is 2.12 bits per heavy atom. The number of hydrogen-bond acceptors (Lipinski definition) is 4. The van der Waals surface area contributed by atoms with E-state index in [0.29, 0.717) is 11.5 Å². The smallest absolute Gasteiger partial charge is 0.768 e. The number of hydrogen-bond donors (Lipinski definition) is 0. The van der Waals surface area contributed by atoms with E-state index in [1.807, 2.05) is 13.8 Å². The van der Waals surface area contributed by atoms with Gasteiger partial charge in [0.15, 0.2) is 11.5 Å². The average molecular weight is 248 g/mol. The molecule has 1 aromatic carbocycles. The molecule has 1 aliphatic rings. The first-order valence-electron chi connectivity index (χ1n) is 4.93. The maximum atomic E-state index is 11.0. The van der Waals surface area contributed by atoms with Crippen molar-refractivity contribution in [3.8, 4) is 11.5 Å². The molecule has 0 amide bonds. The zero-order valence-electron chi connectivity index (χ0n) is 10.4. The van der Waals surface area contributed by atoms with E-state index in [1.54, 1.807) is 12.1 Å². The molecule has 0 spiro atoms. The number of ether oxygens (including phenoxy) is 2. The Morgan fingerprint density at radius 3 is 2.65 bits per heavy atom. The third-order valence-corrected chi connectivity index (χ3v) is 3.22. The van der Waals surface area contributed by atoms with Crippen LogP contribution in [0.2, 0.25) is 0 Å². The molecule has 0 aliphatic carbocycles. The van der Waals surface area contributed by atoms with Crippen molar-refractivity contribution in [1.82, 2.24) is 0 Å². The van der Waals surface area contributed by atoms with E-state index in [1.165, 1.54) is 7.11 Å². The van der Waals surface area contributed by atoms with Crippen LogP contribution in [0.3, 0.4) is 0 Å². The van der Waals surface area contributed by atoms with Gasteiger partial charge in [0.25, 0.3) is 0 Å². The van der Waals surface area contributed by atoms with E-state index in [-0.39, 0.29) is 29.4 Å². The Hall–Kier alpha value is -0.473. The number of benzene rings is 1. The summed E-state index contributed by atoms with van der Waals surface area (Å²) in [6.45, 7) is 3.92. The van der Waals surface area contributed by atoms with Crippen LogP contribution in [0.5, 0.6) is 11.5 Å². The molecule has 1 heterocycles. The molecular weight excluding hydrogens is 235 g/mol. The second-order valence-electron chi connectivity index (χ2n) is 4.36. The summed E-state index contributed by atoms with van der Waals surface area (Å²) in [5.74, 6) is 0.852. The minimum Gasteiger partial charge on any atom is -0.768 e. The van der Waals surface area contributed by atoms with Crippen LogP contribution in [-0.4, -0.2) is 21.5 Å². The van der Waals surface area contributed by atoms with Gasteiger partial charge >= 0.3 is 18.9 Å². The molecule has 88 valence electrons. The standard InChI is InChI=1S/C11H14O4S.Li/c1-11(2)6-7-4-5-8(16(12)13)10(14-3)9(7)15-11;/h4-5H,6H2,1-3H3,(H,12,13);/q;+1/p-1. The molecule has 0 bridgehead atoms. The number of fused-ring (bicyclic) bond motifs is 1. The Bertz CT molecular complexity index is 459. The van der Waals surface area contributed by atoms with Crippen LogP contribution >= 0.6 is 0 Å². The first kappa shape index (κ1) is 14.6. The molecule has 0 saturated heterocycles. The van der Waals surface area contributed by atoms with Crippen LogP contribution in [-0.2, 0) is 17.5 Å². The van der Waals surface area contributed by atoms with E-state index in [0.717, 1.165) is 12.0 Å². The zero-order chi connectivity index (χ0) is 11.9. The van der Waals surface area contributed by atoms with Gasteiger partial charge in [0.2, 0.25) is 0 Å². The quantitative estimate of drug-likeness (QED) is 0.479. The van der Waals surface area contributed by atoms with Crippen molar-refractivity contribution in [2.45, 2.75) is 30.8 Å². The molecule has 0 saturated carbocycles. The Morgan fingerprint density at radius 1 is 1.47 bits per heavy atom. The molecule has 0 aromatic heterocycles.